The fraction of sp³-hybridized carbons (Fsp3) is 0.458. The van der Waals surface area contributed by atoms with E-state index in [2.05, 4.69) is 0 Å². The SMILES string of the molecule is CC1(OC(=O)N2CCC(COc3c(F)cc(-c4ccccc4)c(S(C)(=O)=O)c3F)CC2)CC1. The van der Waals surface area contributed by atoms with E-state index in [-0.39, 0.29) is 29.8 Å². The second kappa shape index (κ2) is 8.93. The highest BCUT2D eigenvalue weighted by atomic mass is 32.2. The topological polar surface area (TPSA) is 72.9 Å². The van der Waals surface area contributed by atoms with Crippen LogP contribution in [0.4, 0.5) is 13.6 Å². The van der Waals surface area contributed by atoms with Gasteiger partial charge in [-0.3, -0.25) is 0 Å². The van der Waals surface area contributed by atoms with Crippen LogP contribution < -0.4 is 4.74 Å². The first-order valence-electron chi connectivity index (χ1n) is 11.0. The number of amides is 1. The van der Waals surface area contributed by atoms with E-state index < -0.39 is 32.1 Å². The average Bonchev–Trinajstić information content (AvgIpc) is 3.49. The summed E-state index contributed by atoms with van der Waals surface area (Å²) >= 11 is 0. The third-order valence-corrected chi connectivity index (χ3v) is 7.35. The maximum Gasteiger partial charge on any atom is 0.410 e. The van der Waals surface area contributed by atoms with Crippen LogP contribution in [0.15, 0.2) is 41.3 Å². The van der Waals surface area contributed by atoms with Crippen LogP contribution in [0.25, 0.3) is 11.1 Å². The van der Waals surface area contributed by atoms with E-state index >= 15 is 4.39 Å². The molecule has 2 aliphatic rings. The summed E-state index contributed by atoms with van der Waals surface area (Å²) in [6, 6.07) is 9.23. The van der Waals surface area contributed by atoms with Crippen LogP contribution in [-0.2, 0) is 14.6 Å². The van der Waals surface area contributed by atoms with Gasteiger partial charge in [-0.15, -0.1) is 0 Å². The van der Waals surface area contributed by atoms with Crippen molar-refractivity contribution in [2.45, 2.75) is 43.1 Å². The Morgan fingerprint density at radius 1 is 1.15 bits per heavy atom. The molecule has 2 aromatic rings. The first-order valence-corrected chi connectivity index (χ1v) is 12.8. The number of hydrogen-bond acceptors (Lipinski definition) is 5. The lowest BCUT2D eigenvalue weighted by Gasteiger charge is -2.32. The maximum atomic E-state index is 15.2. The molecule has 6 nitrogen and oxygen atoms in total. The largest absolute Gasteiger partial charge is 0.487 e. The molecule has 0 bridgehead atoms. The lowest BCUT2D eigenvalue weighted by atomic mass is 9.98. The Morgan fingerprint density at radius 3 is 2.36 bits per heavy atom. The van der Waals surface area contributed by atoms with Gasteiger partial charge in [-0.05, 0) is 50.2 Å². The summed E-state index contributed by atoms with van der Waals surface area (Å²) in [4.78, 5) is 13.3. The molecule has 1 heterocycles. The van der Waals surface area contributed by atoms with Crippen LogP contribution in [-0.4, -0.2) is 51.0 Å². The summed E-state index contributed by atoms with van der Waals surface area (Å²) in [6.07, 6.45) is 3.49. The van der Waals surface area contributed by atoms with Gasteiger partial charge in [-0.25, -0.2) is 22.0 Å². The lowest BCUT2D eigenvalue weighted by Crippen LogP contribution is -2.41. The minimum Gasteiger partial charge on any atom is -0.487 e. The van der Waals surface area contributed by atoms with Crippen LogP contribution >= 0.6 is 0 Å². The number of hydrogen-bond donors (Lipinski definition) is 0. The summed E-state index contributed by atoms with van der Waals surface area (Å²) < 4.78 is 65.7. The van der Waals surface area contributed by atoms with Crippen LogP contribution in [0.5, 0.6) is 5.75 Å². The zero-order chi connectivity index (χ0) is 23.8. The standard InChI is InChI=1S/C24H27F2NO5S/c1-24(10-11-24)32-23(28)27-12-8-16(9-13-27)15-31-21-19(25)14-18(17-6-4-3-5-7-17)22(20(21)26)33(2,29)30/h3-7,14,16H,8-13,15H2,1-2H3. The fourth-order valence-corrected chi connectivity index (χ4v) is 4.94. The third-order valence-electron chi connectivity index (χ3n) is 6.21. The number of likely N-dealkylation sites (tertiary alicyclic amines) is 1. The van der Waals surface area contributed by atoms with Gasteiger partial charge in [0, 0.05) is 24.9 Å². The summed E-state index contributed by atoms with van der Waals surface area (Å²) in [5.74, 6) is -2.91. The molecule has 0 atom stereocenters. The van der Waals surface area contributed by atoms with Crippen molar-refractivity contribution in [1.29, 1.82) is 0 Å². The molecule has 0 unspecified atom stereocenters. The molecule has 2 aromatic carbocycles. The molecule has 1 saturated carbocycles. The highest BCUT2D eigenvalue weighted by molar-refractivity contribution is 7.90. The molecule has 1 saturated heterocycles. The van der Waals surface area contributed by atoms with E-state index in [1.807, 2.05) is 6.92 Å². The molecule has 0 spiro atoms. The van der Waals surface area contributed by atoms with Crippen LogP contribution in [0, 0.1) is 17.6 Å². The zero-order valence-electron chi connectivity index (χ0n) is 18.6. The van der Waals surface area contributed by atoms with Gasteiger partial charge in [0.05, 0.1) is 6.61 Å². The first kappa shape index (κ1) is 23.5. The van der Waals surface area contributed by atoms with Crippen molar-refractivity contribution in [3.05, 3.63) is 48.0 Å². The number of rotatable bonds is 6. The van der Waals surface area contributed by atoms with Crippen molar-refractivity contribution in [2.24, 2.45) is 5.92 Å². The quantitative estimate of drug-likeness (QED) is 0.556. The Balaban J connectivity index is 1.46. The van der Waals surface area contributed by atoms with Crippen molar-refractivity contribution in [3.63, 3.8) is 0 Å². The number of carbonyl (C=O) groups excluding carboxylic acids is 1. The number of piperidine rings is 1. The Bertz CT molecular complexity index is 1140. The van der Waals surface area contributed by atoms with Gasteiger partial charge in [0.15, 0.2) is 27.2 Å². The lowest BCUT2D eigenvalue weighted by molar-refractivity contribution is 0.0453. The highest BCUT2D eigenvalue weighted by Crippen LogP contribution is 2.40. The monoisotopic (exact) mass is 479 g/mol. The molecular formula is C24H27F2NO5S. The minimum atomic E-state index is -4.00. The van der Waals surface area contributed by atoms with E-state index in [4.69, 9.17) is 9.47 Å². The Hall–Kier alpha value is -2.68. The number of benzene rings is 2. The number of nitrogens with zero attached hydrogens (tertiary/aromatic N) is 1. The number of ether oxygens (including phenoxy) is 2. The Kier molecular flexibility index (Phi) is 6.35. The van der Waals surface area contributed by atoms with E-state index in [1.54, 1.807) is 35.2 Å². The molecule has 4 rings (SSSR count). The van der Waals surface area contributed by atoms with E-state index in [9.17, 15) is 17.6 Å². The number of carbonyl (C=O) groups is 1. The smallest absolute Gasteiger partial charge is 0.410 e. The van der Waals surface area contributed by atoms with Gasteiger partial charge < -0.3 is 14.4 Å². The predicted molar refractivity (Wildman–Crippen MR) is 119 cm³/mol. The van der Waals surface area contributed by atoms with Crippen molar-refractivity contribution in [2.75, 3.05) is 26.0 Å². The summed E-state index contributed by atoms with van der Waals surface area (Å²) in [5, 5.41) is 0. The van der Waals surface area contributed by atoms with Gasteiger partial charge in [-0.1, -0.05) is 30.3 Å². The van der Waals surface area contributed by atoms with Crippen LogP contribution in [0.1, 0.15) is 32.6 Å². The molecule has 9 heteroatoms. The van der Waals surface area contributed by atoms with Gasteiger partial charge in [0.2, 0.25) is 0 Å². The fourth-order valence-electron chi connectivity index (χ4n) is 3.95. The molecule has 33 heavy (non-hydrogen) atoms. The molecule has 1 amide bonds. The van der Waals surface area contributed by atoms with E-state index in [1.165, 1.54) is 0 Å². The van der Waals surface area contributed by atoms with Crippen molar-refractivity contribution in [1.82, 2.24) is 4.90 Å². The minimum absolute atomic E-state index is 0.0162. The molecule has 1 aliphatic carbocycles. The summed E-state index contributed by atoms with van der Waals surface area (Å²) in [7, 11) is -4.00. The van der Waals surface area contributed by atoms with Gasteiger partial charge in [-0.2, -0.15) is 0 Å². The normalized spacial score (nSPS) is 18.1. The molecule has 2 fully saturated rings. The zero-order valence-corrected chi connectivity index (χ0v) is 19.5. The number of sulfone groups is 1. The van der Waals surface area contributed by atoms with E-state index in [0.29, 0.717) is 31.5 Å². The van der Waals surface area contributed by atoms with Crippen LogP contribution in [0.3, 0.4) is 0 Å². The molecule has 1 aliphatic heterocycles. The molecule has 0 radical (unpaired) electrons. The highest BCUT2D eigenvalue weighted by Gasteiger charge is 2.43. The van der Waals surface area contributed by atoms with Gasteiger partial charge in [0.1, 0.15) is 10.5 Å². The molecule has 178 valence electrons. The molecule has 0 aromatic heterocycles. The summed E-state index contributed by atoms with van der Waals surface area (Å²) in [6.45, 7) is 2.86. The first-order chi connectivity index (χ1) is 15.6. The maximum absolute atomic E-state index is 15.2. The average molecular weight is 480 g/mol. The summed E-state index contributed by atoms with van der Waals surface area (Å²) in [5.41, 5.74) is 0.00761. The second-order valence-electron chi connectivity index (χ2n) is 9.08. The molecular weight excluding hydrogens is 452 g/mol. The van der Waals surface area contributed by atoms with Crippen molar-refractivity contribution < 1.29 is 31.5 Å². The second-order valence-corrected chi connectivity index (χ2v) is 11.0. The van der Waals surface area contributed by atoms with Crippen molar-refractivity contribution in [3.8, 4) is 16.9 Å². The number of halogens is 2. The van der Waals surface area contributed by atoms with Crippen LogP contribution in [0.2, 0.25) is 0 Å². The van der Waals surface area contributed by atoms with E-state index in [0.717, 1.165) is 25.2 Å². The van der Waals surface area contributed by atoms with Gasteiger partial charge in [0.25, 0.3) is 0 Å². The van der Waals surface area contributed by atoms with Crippen molar-refractivity contribution >= 4 is 15.9 Å². The third kappa shape index (κ3) is 5.29. The van der Waals surface area contributed by atoms with Gasteiger partial charge >= 0.3 is 6.09 Å². The Morgan fingerprint density at radius 2 is 1.79 bits per heavy atom. The molecule has 0 N–H and O–H groups in total. The Labute approximate surface area is 192 Å². The predicted octanol–water partition coefficient (Wildman–Crippen LogP) is 4.82.